The van der Waals surface area contributed by atoms with Gasteiger partial charge in [-0.15, -0.1) is 0 Å². The van der Waals surface area contributed by atoms with Gasteiger partial charge in [0.1, 0.15) is 12.4 Å². The van der Waals surface area contributed by atoms with Crippen molar-refractivity contribution in [2.45, 2.75) is 0 Å². The van der Waals surface area contributed by atoms with Gasteiger partial charge in [-0.25, -0.2) is 0 Å². The lowest BCUT2D eigenvalue weighted by Crippen LogP contribution is -2.49. The lowest BCUT2D eigenvalue weighted by molar-refractivity contribution is 0.0616. The van der Waals surface area contributed by atoms with Crippen molar-refractivity contribution in [1.29, 1.82) is 0 Å². The molecule has 1 aliphatic heterocycles. The van der Waals surface area contributed by atoms with Gasteiger partial charge in [0.25, 0.3) is 5.91 Å². The van der Waals surface area contributed by atoms with E-state index in [0.29, 0.717) is 47.5 Å². The van der Waals surface area contributed by atoms with Gasteiger partial charge < -0.3 is 23.8 Å². The van der Waals surface area contributed by atoms with Crippen LogP contribution >= 0.6 is 11.6 Å². The third kappa shape index (κ3) is 5.09. The maximum Gasteiger partial charge on any atom is 0.257 e. The number of benzene rings is 2. The molecule has 1 heterocycles. The van der Waals surface area contributed by atoms with Gasteiger partial charge in [0.05, 0.1) is 26.9 Å². The summed E-state index contributed by atoms with van der Waals surface area (Å²) in [4.78, 5) is 17.2. The summed E-state index contributed by atoms with van der Waals surface area (Å²) in [6, 6.07) is 10.8. The minimum absolute atomic E-state index is 0.0788. The molecule has 30 heavy (non-hydrogen) atoms. The number of rotatable bonds is 8. The van der Waals surface area contributed by atoms with Gasteiger partial charge in [0.15, 0.2) is 11.5 Å². The van der Waals surface area contributed by atoms with E-state index in [9.17, 15) is 4.79 Å². The van der Waals surface area contributed by atoms with Crippen LogP contribution in [0.3, 0.4) is 0 Å². The molecule has 1 fully saturated rings. The van der Waals surface area contributed by atoms with E-state index in [-0.39, 0.29) is 5.91 Å². The zero-order valence-electron chi connectivity index (χ0n) is 17.5. The average molecular weight is 435 g/mol. The number of hydrogen-bond donors (Lipinski definition) is 0. The Bertz CT molecular complexity index is 851. The van der Waals surface area contributed by atoms with Gasteiger partial charge in [0.2, 0.25) is 5.75 Å². The normalized spacial score (nSPS) is 14.3. The second-order valence-electron chi connectivity index (χ2n) is 6.82. The van der Waals surface area contributed by atoms with E-state index in [1.807, 2.05) is 29.2 Å². The molecule has 0 saturated carbocycles. The summed E-state index contributed by atoms with van der Waals surface area (Å²) >= 11 is 5.88. The molecule has 1 amide bonds. The third-order valence-electron chi connectivity index (χ3n) is 5.08. The highest BCUT2D eigenvalue weighted by Gasteiger charge is 2.27. The van der Waals surface area contributed by atoms with Crippen LogP contribution in [-0.2, 0) is 0 Å². The molecule has 0 atom stereocenters. The molecule has 8 heteroatoms. The Hall–Kier alpha value is -2.64. The van der Waals surface area contributed by atoms with Crippen LogP contribution in [0.4, 0.5) is 0 Å². The van der Waals surface area contributed by atoms with Crippen molar-refractivity contribution in [2.75, 3.05) is 60.7 Å². The number of ether oxygens (including phenoxy) is 4. The van der Waals surface area contributed by atoms with Gasteiger partial charge in [-0.3, -0.25) is 9.69 Å². The van der Waals surface area contributed by atoms with Gasteiger partial charge in [0, 0.05) is 37.7 Å². The quantitative estimate of drug-likeness (QED) is 0.636. The zero-order valence-corrected chi connectivity index (χ0v) is 18.3. The van der Waals surface area contributed by atoms with Crippen LogP contribution in [0.5, 0.6) is 23.0 Å². The fourth-order valence-electron chi connectivity index (χ4n) is 3.44. The molecule has 0 N–H and O–H groups in total. The molecule has 2 aromatic carbocycles. The molecule has 162 valence electrons. The summed E-state index contributed by atoms with van der Waals surface area (Å²) in [6.07, 6.45) is 0. The first kappa shape index (κ1) is 22.1. The highest BCUT2D eigenvalue weighted by atomic mass is 35.5. The molecular weight excluding hydrogens is 408 g/mol. The predicted molar refractivity (Wildman–Crippen MR) is 115 cm³/mol. The fraction of sp³-hybridized carbons (Fsp3) is 0.409. The summed E-state index contributed by atoms with van der Waals surface area (Å²) in [7, 11) is 4.60. The van der Waals surface area contributed by atoms with Crippen LogP contribution in [0, 0.1) is 0 Å². The second-order valence-corrected chi connectivity index (χ2v) is 7.25. The molecule has 0 bridgehead atoms. The monoisotopic (exact) mass is 434 g/mol. The third-order valence-corrected chi connectivity index (χ3v) is 5.34. The summed E-state index contributed by atoms with van der Waals surface area (Å²) in [5, 5.41) is 0.689. The molecule has 3 rings (SSSR count). The maximum absolute atomic E-state index is 13.1. The Labute approximate surface area is 182 Å². The second kappa shape index (κ2) is 10.4. The molecule has 1 aliphatic rings. The minimum Gasteiger partial charge on any atom is -0.493 e. The molecule has 1 saturated heterocycles. The molecule has 0 spiro atoms. The van der Waals surface area contributed by atoms with Crippen molar-refractivity contribution < 1.29 is 23.7 Å². The van der Waals surface area contributed by atoms with Crippen LogP contribution in [0.25, 0.3) is 0 Å². The highest BCUT2D eigenvalue weighted by Crippen LogP contribution is 2.40. The molecule has 0 aromatic heterocycles. The van der Waals surface area contributed by atoms with Crippen molar-refractivity contribution in [3.8, 4) is 23.0 Å². The van der Waals surface area contributed by atoms with Gasteiger partial charge in [-0.1, -0.05) is 11.6 Å². The Morgan fingerprint density at radius 3 is 2.17 bits per heavy atom. The number of amides is 1. The number of hydrogen-bond acceptors (Lipinski definition) is 6. The Morgan fingerprint density at radius 2 is 1.57 bits per heavy atom. The van der Waals surface area contributed by atoms with E-state index in [0.717, 1.165) is 25.4 Å². The number of methoxy groups -OCH3 is 3. The molecule has 7 nitrogen and oxygen atoms in total. The van der Waals surface area contributed by atoms with Gasteiger partial charge >= 0.3 is 0 Å². The first-order valence-corrected chi connectivity index (χ1v) is 10.1. The van der Waals surface area contributed by atoms with Crippen LogP contribution in [0.1, 0.15) is 10.4 Å². The lowest BCUT2D eigenvalue weighted by Gasteiger charge is -2.35. The Balaban J connectivity index is 1.54. The lowest BCUT2D eigenvalue weighted by atomic mass is 10.1. The number of nitrogens with zero attached hydrogens (tertiary/aromatic N) is 2. The zero-order chi connectivity index (χ0) is 21.5. The molecule has 2 aromatic rings. The van der Waals surface area contributed by atoms with Crippen LogP contribution in [0.2, 0.25) is 5.02 Å². The number of carbonyl (C=O) groups is 1. The summed E-state index contributed by atoms with van der Waals surface area (Å²) in [6.45, 7) is 4.22. The number of carbonyl (C=O) groups excluding carboxylic acids is 1. The first-order valence-electron chi connectivity index (χ1n) is 9.76. The van der Waals surface area contributed by atoms with E-state index in [1.54, 1.807) is 19.2 Å². The molecular formula is C22H27ClN2O5. The number of piperazine rings is 1. The van der Waals surface area contributed by atoms with Crippen LogP contribution < -0.4 is 18.9 Å². The predicted octanol–water partition coefficient (Wildman–Crippen LogP) is 3.20. The van der Waals surface area contributed by atoms with E-state index in [4.69, 9.17) is 30.5 Å². The Morgan fingerprint density at radius 1 is 0.900 bits per heavy atom. The van der Waals surface area contributed by atoms with Crippen molar-refractivity contribution >= 4 is 17.5 Å². The van der Waals surface area contributed by atoms with Crippen molar-refractivity contribution in [1.82, 2.24) is 9.80 Å². The Kier molecular flexibility index (Phi) is 7.65. The number of halogens is 1. The smallest absolute Gasteiger partial charge is 0.257 e. The van der Waals surface area contributed by atoms with E-state index >= 15 is 0 Å². The average Bonchev–Trinajstić information content (AvgIpc) is 2.79. The molecule has 0 aliphatic carbocycles. The van der Waals surface area contributed by atoms with Crippen molar-refractivity contribution in [3.63, 3.8) is 0 Å². The minimum atomic E-state index is -0.0788. The summed E-state index contributed by atoms with van der Waals surface area (Å²) in [5.74, 6) is 2.06. The largest absolute Gasteiger partial charge is 0.493 e. The summed E-state index contributed by atoms with van der Waals surface area (Å²) < 4.78 is 21.9. The van der Waals surface area contributed by atoms with Crippen LogP contribution in [-0.4, -0.2) is 76.4 Å². The molecule has 0 unspecified atom stereocenters. The fourth-order valence-corrected chi connectivity index (χ4v) is 3.56. The van der Waals surface area contributed by atoms with Gasteiger partial charge in [-0.2, -0.15) is 0 Å². The summed E-state index contributed by atoms with van der Waals surface area (Å²) in [5.41, 5.74) is 0.467. The first-order chi connectivity index (χ1) is 14.6. The topological polar surface area (TPSA) is 60.5 Å². The molecule has 0 radical (unpaired) electrons. The van der Waals surface area contributed by atoms with Gasteiger partial charge in [-0.05, 0) is 36.4 Å². The van der Waals surface area contributed by atoms with E-state index in [1.165, 1.54) is 14.2 Å². The van der Waals surface area contributed by atoms with E-state index < -0.39 is 0 Å². The SMILES string of the molecule is COc1ccc(C(=O)N2CCN(CCOc3ccc(Cl)cc3)CC2)c(OC)c1OC. The van der Waals surface area contributed by atoms with E-state index in [2.05, 4.69) is 4.90 Å². The van der Waals surface area contributed by atoms with Crippen molar-refractivity contribution in [2.24, 2.45) is 0 Å². The maximum atomic E-state index is 13.1. The van der Waals surface area contributed by atoms with Crippen LogP contribution in [0.15, 0.2) is 36.4 Å². The standard InChI is InChI=1S/C22H27ClN2O5/c1-27-19-9-8-18(20(28-2)21(19)29-3)22(26)25-12-10-24(11-13-25)14-15-30-17-6-4-16(23)5-7-17/h4-9H,10-15H2,1-3H3. The highest BCUT2D eigenvalue weighted by molar-refractivity contribution is 6.30. The van der Waals surface area contributed by atoms with Crippen molar-refractivity contribution in [3.05, 3.63) is 47.0 Å².